The van der Waals surface area contributed by atoms with Gasteiger partial charge in [0.2, 0.25) is 0 Å². The fourth-order valence-electron chi connectivity index (χ4n) is 2.27. The van der Waals surface area contributed by atoms with E-state index in [1.807, 2.05) is 0 Å². The summed E-state index contributed by atoms with van der Waals surface area (Å²) in [4.78, 5) is 0. The molecular weight excluding hydrogens is 206 g/mol. The number of halogens is 1. The standard InChI is InChI=1S/C13H19N.ClH/c1-11-7-4-5-8-12(11)13-9-3-2-6-10-14-13;/h4-5,7-8,13-14H,2-3,6,9-10H2,1H3;1H. The van der Waals surface area contributed by atoms with E-state index in [2.05, 4.69) is 36.5 Å². The monoisotopic (exact) mass is 225 g/mol. The number of benzene rings is 1. The minimum absolute atomic E-state index is 0. The lowest BCUT2D eigenvalue weighted by atomic mass is 9.98. The van der Waals surface area contributed by atoms with E-state index in [4.69, 9.17) is 0 Å². The number of hydrogen-bond acceptors (Lipinski definition) is 1. The third kappa shape index (κ3) is 3.22. The zero-order chi connectivity index (χ0) is 9.80. The second kappa shape index (κ2) is 6.14. The molecule has 1 nitrogen and oxygen atoms in total. The molecule has 1 aliphatic rings. The third-order valence-corrected chi connectivity index (χ3v) is 3.12. The summed E-state index contributed by atoms with van der Waals surface area (Å²) >= 11 is 0. The molecule has 0 aliphatic carbocycles. The second-order valence-corrected chi connectivity index (χ2v) is 4.21. The summed E-state index contributed by atoms with van der Waals surface area (Å²) in [5.41, 5.74) is 2.92. The van der Waals surface area contributed by atoms with E-state index in [-0.39, 0.29) is 12.4 Å². The van der Waals surface area contributed by atoms with E-state index in [0.717, 1.165) is 0 Å². The Morgan fingerprint density at radius 1 is 1.13 bits per heavy atom. The number of rotatable bonds is 1. The maximum atomic E-state index is 3.64. The molecule has 1 fully saturated rings. The van der Waals surface area contributed by atoms with E-state index in [1.54, 1.807) is 0 Å². The Hall–Kier alpha value is -0.530. The predicted molar refractivity (Wildman–Crippen MR) is 67.6 cm³/mol. The van der Waals surface area contributed by atoms with Gasteiger partial charge in [0, 0.05) is 6.04 Å². The lowest BCUT2D eigenvalue weighted by Crippen LogP contribution is -2.20. The Labute approximate surface area is 98.7 Å². The van der Waals surface area contributed by atoms with Gasteiger partial charge in [-0.2, -0.15) is 0 Å². The predicted octanol–water partition coefficient (Wildman–Crippen LogP) is 3.62. The summed E-state index contributed by atoms with van der Waals surface area (Å²) < 4.78 is 0. The fraction of sp³-hybridized carbons (Fsp3) is 0.538. The van der Waals surface area contributed by atoms with Gasteiger partial charge in [-0.15, -0.1) is 12.4 Å². The Balaban J connectivity index is 0.00000112. The zero-order valence-electron chi connectivity index (χ0n) is 9.33. The average molecular weight is 226 g/mol. The molecular formula is C13H20ClN. The van der Waals surface area contributed by atoms with Crippen molar-refractivity contribution >= 4 is 12.4 Å². The van der Waals surface area contributed by atoms with Gasteiger partial charge >= 0.3 is 0 Å². The van der Waals surface area contributed by atoms with Crippen LogP contribution >= 0.6 is 12.4 Å². The molecule has 1 aromatic rings. The van der Waals surface area contributed by atoms with Crippen LogP contribution in [0.3, 0.4) is 0 Å². The van der Waals surface area contributed by atoms with Crippen molar-refractivity contribution in [3.8, 4) is 0 Å². The van der Waals surface area contributed by atoms with Crippen molar-refractivity contribution in [3.63, 3.8) is 0 Å². The summed E-state index contributed by atoms with van der Waals surface area (Å²) in [6.07, 6.45) is 5.38. The minimum atomic E-state index is 0. The molecule has 1 heterocycles. The molecule has 0 spiro atoms. The highest BCUT2D eigenvalue weighted by Crippen LogP contribution is 2.24. The average Bonchev–Trinajstić information content (AvgIpc) is 2.47. The highest BCUT2D eigenvalue weighted by Gasteiger charge is 2.14. The topological polar surface area (TPSA) is 12.0 Å². The molecule has 0 bridgehead atoms. The largest absolute Gasteiger partial charge is 0.310 e. The molecule has 0 aromatic heterocycles. The van der Waals surface area contributed by atoms with Crippen LogP contribution in [-0.2, 0) is 0 Å². The van der Waals surface area contributed by atoms with Gasteiger partial charge in [-0.1, -0.05) is 37.1 Å². The second-order valence-electron chi connectivity index (χ2n) is 4.21. The van der Waals surface area contributed by atoms with Crippen LogP contribution in [0.4, 0.5) is 0 Å². The van der Waals surface area contributed by atoms with Crippen molar-refractivity contribution < 1.29 is 0 Å². The number of nitrogens with one attached hydrogen (secondary N) is 1. The Morgan fingerprint density at radius 3 is 2.73 bits per heavy atom. The molecule has 1 unspecified atom stereocenters. The molecule has 0 amide bonds. The van der Waals surface area contributed by atoms with E-state index in [1.165, 1.54) is 43.4 Å². The normalized spacial score (nSPS) is 21.5. The summed E-state index contributed by atoms with van der Waals surface area (Å²) in [6, 6.07) is 9.34. The van der Waals surface area contributed by atoms with Crippen molar-refractivity contribution in [2.75, 3.05) is 6.54 Å². The van der Waals surface area contributed by atoms with Crippen LogP contribution in [0.25, 0.3) is 0 Å². The van der Waals surface area contributed by atoms with E-state index in [0.29, 0.717) is 6.04 Å². The van der Waals surface area contributed by atoms with Crippen LogP contribution in [-0.4, -0.2) is 6.54 Å². The third-order valence-electron chi connectivity index (χ3n) is 3.12. The van der Waals surface area contributed by atoms with Gasteiger partial charge in [0.05, 0.1) is 0 Å². The van der Waals surface area contributed by atoms with Crippen LogP contribution in [0.5, 0.6) is 0 Å². The molecule has 0 radical (unpaired) electrons. The van der Waals surface area contributed by atoms with Crippen molar-refractivity contribution in [2.45, 2.75) is 38.6 Å². The van der Waals surface area contributed by atoms with Gasteiger partial charge < -0.3 is 5.32 Å². The van der Waals surface area contributed by atoms with Crippen molar-refractivity contribution in [2.24, 2.45) is 0 Å². The summed E-state index contributed by atoms with van der Waals surface area (Å²) in [7, 11) is 0. The van der Waals surface area contributed by atoms with Crippen molar-refractivity contribution in [1.82, 2.24) is 5.32 Å². The molecule has 1 atom stereocenters. The van der Waals surface area contributed by atoms with Gasteiger partial charge in [0.1, 0.15) is 0 Å². The zero-order valence-corrected chi connectivity index (χ0v) is 10.1. The molecule has 1 N–H and O–H groups in total. The quantitative estimate of drug-likeness (QED) is 0.770. The number of hydrogen-bond donors (Lipinski definition) is 1. The van der Waals surface area contributed by atoms with Crippen LogP contribution in [0.15, 0.2) is 24.3 Å². The van der Waals surface area contributed by atoms with Crippen LogP contribution in [0.2, 0.25) is 0 Å². The van der Waals surface area contributed by atoms with Gasteiger partial charge in [0.15, 0.2) is 0 Å². The first kappa shape index (κ1) is 12.5. The summed E-state index contributed by atoms with van der Waals surface area (Å²) in [5.74, 6) is 0. The number of aryl methyl sites for hydroxylation is 1. The van der Waals surface area contributed by atoms with E-state index < -0.39 is 0 Å². The van der Waals surface area contributed by atoms with Crippen LogP contribution < -0.4 is 5.32 Å². The van der Waals surface area contributed by atoms with Gasteiger partial charge in [-0.3, -0.25) is 0 Å². The lowest BCUT2D eigenvalue weighted by molar-refractivity contribution is 0.532. The molecule has 1 aromatic carbocycles. The van der Waals surface area contributed by atoms with Crippen molar-refractivity contribution in [3.05, 3.63) is 35.4 Å². The maximum Gasteiger partial charge on any atom is 0.0322 e. The first-order chi connectivity index (χ1) is 6.88. The van der Waals surface area contributed by atoms with Crippen LogP contribution in [0.1, 0.15) is 42.9 Å². The molecule has 0 saturated carbocycles. The molecule has 1 saturated heterocycles. The first-order valence-corrected chi connectivity index (χ1v) is 5.67. The Kier molecular flexibility index (Phi) is 5.13. The molecule has 15 heavy (non-hydrogen) atoms. The van der Waals surface area contributed by atoms with Crippen LogP contribution in [0, 0.1) is 6.92 Å². The highest BCUT2D eigenvalue weighted by atomic mass is 35.5. The molecule has 84 valence electrons. The van der Waals surface area contributed by atoms with Gasteiger partial charge in [-0.25, -0.2) is 0 Å². The Morgan fingerprint density at radius 2 is 1.93 bits per heavy atom. The molecule has 2 heteroatoms. The smallest absolute Gasteiger partial charge is 0.0322 e. The highest BCUT2D eigenvalue weighted by molar-refractivity contribution is 5.85. The molecule has 1 aliphatic heterocycles. The lowest BCUT2D eigenvalue weighted by Gasteiger charge is -2.18. The summed E-state index contributed by atoms with van der Waals surface area (Å²) in [5, 5.41) is 3.64. The Bertz CT molecular complexity index is 290. The van der Waals surface area contributed by atoms with E-state index >= 15 is 0 Å². The SMILES string of the molecule is Cc1ccccc1C1CCCCCN1.Cl. The minimum Gasteiger partial charge on any atom is -0.310 e. The summed E-state index contributed by atoms with van der Waals surface area (Å²) in [6.45, 7) is 3.39. The van der Waals surface area contributed by atoms with E-state index in [9.17, 15) is 0 Å². The molecule has 2 rings (SSSR count). The van der Waals surface area contributed by atoms with Gasteiger partial charge in [0.25, 0.3) is 0 Å². The van der Waals surface area contributed by atoms with Crippen molar-refractivity contribution in [1.29, 1.82) is 0 Å². The fourth-order valence-corrected chi connectivity index (χ4v) is 2.27. The first-order valence-electron chi connectivity index (χ1n) is 5.67. The maximum absolute atomic E-state index is 3.64. The van der Waals surface area contributed by atoms with Gasteiger partial charge in [-0.05, 0) is 37.4 Å².